The van der Waals surface area contributed by atoms with Gasteiger partial charge >= 0.3 is 0 Å². The molecule has 0 aliphatic carbocycles. The molecule has 0 radical (unpaired) electrons. The number of furan rings is 1. The molecule has 2 aromatic rings. The van der Waals surface area contributed by atoms with E-state index in [0.29, 0.717) is 5.82 Å². The van der Waals surface area contributed by atoms with Crippen molar-refractivity contribution in [2.75, 3.05) is 17.4 Å². The summed E-state index contributed by atoms with van der Waals surface area (Å²) in [7, 11) is 1.94. The maximum Gasteiger partial charge on any atom is 0.145 e. The first-order chi connectivity index (χ1) is 7.79. The van der Waals surface area contributed by atoms with Crippen LogP contribution in [0, 0.1) is 0 Å². The molecule has 0 saturated carbocycles. The highest BCUT2D eigenvalue weighted by Gasteiger charge is 2.05. The van der Waals surface area contributed by atoms with E-state index in [1.807, 2.05) is 18.0 Å². The minimum Gasteiger partial charge on any atom is -0.472 e. The Balaban J connectivity index is 2.11. The fraction of sp³-hybridized carbons (Fsp3) is 0.200. The van der Waals surface area contributed by atoms with Crippen molar-refractivity contribution in [3.63, 3.8) is 0 Å². The van der Waals surface area contributed by atoms with Crippen LogP contribution in [0.4, 0.5) is 11.6 Å². The van der Waals surface area contributed by atoms with Crippen LogP contribution in [0.2, 0.25) is 0 Å². The van der Waals surface area contributed by atoms with Gasteiger partial charge in [0.25, 0.3) is 0 Å². The van der Waals surface area contributed by atoms with Crippen LogP contribution in [0.1, 0.15) is 5.56 Å². The summed E-state index contributed by atoms with van der Waals surface area (Å²) >= 11 is 0. The van der Waals surface area contributed by atoms with Crippen LogP contribution in [0.5, 0.6) is 0 Å². The molecule has 6 heteroatoms. The number of nitrogens with zero attached hydrogens (tertiary/aromatic N) is 3. The third-order valence-electron chi connectivity index (χ3n) is 2.19. The Morgan fingerprint density at radius 1 is 1.50 bits per heavy atom. The minimum absolute atomic E-state index is 0.587. The molecule has 3 N–H and O–H groups in total. The maximum atomic E-state index is 5.28. The number of anilines is 2. The summed E-state index contributed by atoms with van der Waals surface area (Å²) < 4.78 is 5.00. The molecule has 2 heterocycles. The predicted molar refractivity (Wildman–Crippen MR) is 60.7 cm³/mol. The molecule has 16 heavy (non-hydrogen) atoms. The van der Waals surface area contributed by atoms with Crippen LogP contribution in [-0.4, -0.2) is 17.0 Å². The molecule has 0 fully saturated rings. The van der Waals surface area contributed by atoms with Crippen molar-refractivity contribution in [2.45, 2.75) is 6.54 Å². The Bertz CT molecular complexity index is 442. The van der Waals surface area contributed by atoms with Crippen LogP contribution in [-0.2, 0) is 6.54 Å². The summed E-state index contributed by atoms with van der Waals surface area (Å²) in [6, 6.07) is 3.69. The zero-order chi connectivity index (χ0) is 11.4. The number of aromatic nitrogens is 2. The topological polar surface area (TPSA) is 80.2 Å². The fourth-order valence-electron chi connectivity index (χ4n) is 1.37. The second-order valence-corrected chi connectivity index (χ2v) is 3.39. The zero-order valence-corrected chi connectivity index (χ0v) is 8.92. The molecule has 0 amide bonds. The van der Waals surface area contributed by atoms with Crippen molar-refractivity contribution in [2.24, 2.45) is 5.84 Å². The molecule has 0 aliphatic heterocycles. The van der Waals surface area contributed by atoms with Gasteiger partial charge in [0.15, 0.2) is 0 Å². The lowest BCUT2D eigenvalue weighted by Crippen LogP contribution is -2.18. The first-order valence-corrected chi connectivity index (χ1v) is 4.80. The van der Waals surface area contributed by atoms with Crippen LogP contribution < -0.4 is 16.2 Å². The van der Waals surface area contributed by atoms with Gasteiger partial charge in [-0.05, 0) is 6.07 Å². The molecule has 6 nitrogen and oxygen atoms in total. The Morgan fingerprint density at radius 2 is 2.38 bits per heavy atom. The predicted octanol–water partition coefficient (Wildman–Crippen LogP) is 0.992. The van der Waals surface area contributed by atoms with Gasteiger partial charge in [-0.25, -0.2) is 15.8 Å². The minimum atomic E-state index is 0.587. The molecule has 84 valence electrons. The van der Waals surface area contributed by atoms with Crippen molar-refractivity contribution in [3.8, 4) is 0 Å². The lowest BCUT2D eigenvalue weighted by molar-refractivity contribution is 0.563. The number of nitrogens with one attached hydrogen (secondary N) is 1. The maximum absolute atomic E-state index is 5.28. The van der Waals surface area contributed by atoms with Gasteiger partial charge in [0, 0.05) is 25.2 Å². The molecular weight excluding hydrogens is 206 g/mol. The average Bonchev–Trinajstić information content (AvgIpc) is 2.82. The standard InChI is InChI=1S/C10H13N5O/c1-15(5-8-2-3-16-6-8)10-4-9(14-11)12-7-13-10/h2-4,6-7H,5,11H2,1H3,(H,12,13,14). The Labute approximate surface area is 93.1 Å². The van der Waals surface area contributed by atoms with Crippen molar-refractivity contribution in [1.29, 1.82) is 0 Å². The van der Waals surface area contributed by atoms with Crippen molar-refractivity contribution in [1.82, 2.24) is 9.97 Å². The molecule has 0 aromatic carbocycles. The Kier molecular flexibility index (Phi) is 3.02. The second-order valence-electron chi connectivity index (χ2n) is 3.39. The third kappa shape index (κ3) is 2.29. The van der Waals surface area contributed by atoms with Crippen LogP contribution >= 0.6 is 0 Å². The lowest BCUT2D eigenvalue weighted by atomic mass is 10.3. The smallest absolute Gasteiger partial charge is 0.145 e. The third-order valence-corrected chi connectivity index (χ3v) is 2.19. The first kappa shape index (κ1) is 10.4. The van der Waals surface area contributed by atoms with Gasteiger partial charge in [-0.3, -0.25) is 0 Å². The normalized spacial score (nSPS) is 10.1. The van der Waals surface area contributed by atoms with Gasteiger partial charge in [-0.15, -0.1) is 0 Å². The van der Waals surface area contributed by atoms with E-state index in [9.17, 15) is 0 Å². The quantitative estimate of drug-likeness (QED) is 0.589. The van der Waals surface area contributed by atoms with Gasteiger partial charge in [0.05, 0.1) is 12.5 Å². The van der Waals surface area contributed by atoms with Crippen LogP contribution in [0.3, 0.4) is 0 Å². The number of hydrogen-bond acceptors (Lipinski definition) is 6. The summed E-state index contributed by atoms with van der Waals surface area (Å²) in [5.74, 6) is 6.66. The van der Waals surface area contributed by atoms with E-state index in [1.54, 1.807) is 18.6 Å². The van der Waals surface area contributed by atoms with E-state index >= 15 is 0 Å². The van der Waals surface area contributed by atoms with Gasteiger partial charge in [0.1, 0.15) is 18.0 Å². The van der Waals surface area contributed by atoms with Crippen molar-refractivity contribution in [3.05, 3.63) is 36.5 Å². The zero-order valence-electron chi connectivity index (χ0n) is 8.92. The fourth-order valence-corrected chi connectivity index (χ4v) is 1.37. The highest BCUT2D eigenvalue weighted by atomic mass is 16.3. The molecule has 0 atom stereocenters. The van der Waals surface area contributed by atoms with Gasteiger partial charge in [-0.2, -0.15) is 0 Å². The van der Waals surface area contributed by atoms with E-state index in [2.05, 4.69) is 15.4 Å². The summed E-state index contributed by atoms with van der Waals surface area (Å²) in [5, 5.41) is 0. The van der Waals surface area contributed by atoms with E-state index in [0.717, 1.165) is 17.9 Å². The molecule has 2 aromatic heterocycles. The van der Waals surface area contributed by atoms with Crippen molar-refractivity contribution >= 4 is 11.6 Å². The van der Waals surface area contributed by atoms with Gasteiger partial charge < -0.3 is 14.7 Å². The van der Waals surface area contributed by atoms with E-state index in [-0.39, 0.29) is 0 Å². The lowest BCUT2D eigenvalue weighted by Gasteiger charge is -2.17. The van der Waals surface area contributed by atoms with Crippen LogP contribution in [0.25, 0.3) is 0 Å². The number of hydrogen-bond donors (Lipinski definition) is 2. The SMILES string of the molecule is CN(Cc1ccoc1)c1cc(NN)ncn1. The Hall–Kier alpha value is -2.08. The number of nitrogen functional groups attached to an aromatic ring is 1. The van der Waals surface area contributed by atoms with Gasteiger partial charge in [-0.1, -0.05) is 0 Å². The molecule has 0 aliphatic rings. The Morgan fingerprint density at radius 3 is 3.06 bits per heavy atom. The number of nitrogens with two attached hydrogens (primary N) is 1. The summed E-state index contributed by atoms with van der Waals surface area (Å²) in [6.45, 7) is 0.720. The highest BCUT2D eigenvalue weighted by molar-refractivity contribution is 5.47. The van der Waals surface area contributed by atoms with Gasteiger partial charge in [0.2, 0.25) is 0 Å². The average molecular weight is 219 g/mol. The highest BCUT2D eigenvalue weighted by Crippen LogP contribution is 2.14. The molecule has 2 rings (SSSR count). The van der Waals surface area contributed by atoms with E-state index in [4.69, 9.17) is 10.3 Å². The van der Waals surface area contributed by atoms with Crippen LogP contribution in [0.15, 0.2) is 35.4 Å². The second kappa shape index (κ2) is 4.63. The molecule has 0 spiro atoms. The summed E-state index contributed by atoms with van der Waals surface area (Å²) in [5.41, 5.74) is 3.57. The molecule has 0 bridgehead atoms. The summed E-state index contributed by atoms with van der Waals surface area (Å²) in [6.07, 6.45) is 4.83. The van der Waals surface area contributed by atoms with Crippen molar-refractivity contribution < 1.29 is 4.42 Å². The molecule has 0 unspecified atom stereocenters. The van der Waals surface area contributed by atoms with E-state index < -0.39 is 0 Å². The molecule has 0 saturated heterocycles. The first-order valence-electron chi connectivity index (χ1n) is 4.80. The number of hydrazine groups is 1. The number of rotatable bonds is 4. The molecular formula is C10H13N5O. The van der Waals surface area contributed by atoms with E-state index in [1.165, 1.54) is 6.33 Å². The largest absolute Gasteiger partial charge is 0.472 e. The summed E-state index contributed by atoms with van der Waals surface area (Å²) in [4.78, 5) is 10.1. The monoisotopic (exact) mass is 219 g/mol.